The minimum atomic E-state index is -0.157. The fourth-order valence-corrected chi connectivity index (χ4v) is 2.64. The van der Waals surface area contributed by atoms with Crippen LogP contribution in [0.4, 0.5) is 5.69 Å². The zero-order chi connectivity index (χ0) is 14.0. The van der Waals surface area contributed by atoms with Crippen LogP contribution in [0, 0.1) is 0 Å². The van der Waals surface area contributed by atoms with Crippen LogP contribution < -0.4 is 10.5 Å². The van der Waals surface area contributed by atoms with Crippen molar-refractivity contribution in [3.05, 3.63) is 55.9 Å². The summed E-state index contributed by atoms with van der Waals surface area (Å²) in [5.41, 5.74) is 1.67. The first-order chi connectivity index (χ1) is 8.99. The Labute approximate surface area is 124 Å². The second-order valence-electron chi connectivity index (χ2n) is 4.26. The summed E-state index contributed by atoms with van der Waals surface area (Å²) in [6.07, 6.45) is 1.66. The van der Waals surface area contributed by atoms with E-state index < -0.39 is 0 Å². The first-order valence-corrected chi connectivity index (χ1v) is 6.83. The van der Waals surface area contributed by atoms with Gasteiger partial charge in [0.05, 0.1) is 11.9 Å². The zero-order valence-corrected chi connectivity index (χ0v) is 12.9. The molecule has 0 N–H and O–H groups in total. The number of hydrogen-bond acceptors (Lipinski definition) is 3. The van der Waals surface area contributed by atoms with Crippen LogP contribution in [0.25, 0.3) is 0 Å². The van der Waals surface area contributed by atoms with E-state index >= 15 is 0 Å². The third kappa shape index (κ3) is 3.16. The summed E-state index contributed by atoms with van der Waals surface area (Å²) in [6, 6.07) is 7.63. The van der Waals surface area contributed by atoms with Crippen LogP contribution in [0.15, 0.2) is 39.7 Å². The largest absolute Gasteiger partial charge is 0.368 e. The predicted molar refractivity (Wildman–Crippen MR) is 80.7 cm³/mol. The van der Waals surface area contributed by atoms with E-state index in [-0.39, 0.29) is 5.56 Å². The van der Waals surface area contributed by atoms with Crippen molar-refractivity contribution in [2.45, 2.75) is 6.54 Å². The summed E-state index contributed by atoms with van der Waals surface area (Å²) in [5, 5.41) is 4.73. The molecule has 19 heavy (non-hydrogen) atoms. The summed E-state index contributed by atoms with van der Waals surface area (Å²) in [4.78, 5) is 13.8. The fraction of sp³-hybridized carbons (Fsp3) is 0.231. The number of rotatable bonds is 3. The van der Waals surface area contributed by atoms with E-state index in [1.165, 1.54) is 4.68 Å². The van der Waals surface area contributed by atoms with E-state index in [4.69, 9.17) is 11.6 Å². The lowest BCUT2D eigenvalue weighted by Crippen LogP contribution is -2.25. The highest BCUT2D eigenvalue weighted by Crippen LogP contribution is 2.22. The zero-order valence-electron chi connectivity index (χ0n) is 10.6. The second kappa shape index (κ2) is 5.75. The van der Waals surface area contributed by atoms with Gasteiger partial charge in [-0.25, -0.2) is 4.68 Å². The number of aromatic nitrogens is 2. The Kier molecular flexibility index (Phi) is 4.27. The van der Waals surface area contributed by atoms with E-state index in [9.17, 15) is 4.79 Å². The van der Waals surface area contributed by atoms with Crippen molar-refractivity contribution >= 4 is 33.2 Å². The van der Waals surface area contributed by atoms with Crippen LogP contribution in [0.5, 0.6) is 0 Å². The molecule has 0 saturated carbocycles. The number of halogens is 2. The van der Waals surface area contributed by atoms with Crippen molar-refractivity contribution in [2.24, 2.45) is 7.05 Å². The number of benzene rings is 1. The van der Waals surface area contributed by atoms with Gasteiger partial charge in [-0.3, -0.25) is 4.79 Å². The average molecular weight is 343 g/mol. The Morgan fingerprint density at radius 1 is 1.47 bits per heavy atom. The van der Waals surface area contributed by atoms with Crippen molar-refractivity contribution in [1.82, 2.24) is 9.78 Å². The van der Waals surface area contributed by atoms with E-state index in [1.807, 2.05) is 36.2 Å². The van der Waals surface area contributed by atoms with Gasteiger partial charge in [-0.15, -0.1) is 0 Å². The van der Waals surface area contributed by atoms with Crippen LogP contribution in [-0.4, -0.2) is 16.8 Å². The van der Waals surface area contributed by atoms with Crippen molar-refractivity contribution < 1.29 is 0 Å². The quantitative estimate of drug-likeness (QED) is 0.861. The van der Waals surface area contributed by atoms with Crippen LogP contribution in [0.3, 0.4) is 0 Å². The molecular formula is C13H13BrClN3O. The molecule has 0 fully saturated rings. The molecule has 2 rings (SSSR count). The molecule has 0 aliphatic rings. The molecule has 0 unspecified atom stereocenters. The predicted octanol–water partition coefficient (Wildman–Crippen LogP) is 2.83. The molecule has 1 aromatic carbocycles. The van der Waals surface area contributed by atoms with Gasteiger partial charge in [0.1, 0.15) is 4.47 Å². The lowest BCUT2D eigenvalue weighted by molar-refractivity contribution is 0.698. The highest BCUT2D eigenvalue weighted by atomic mass is 79.9. The van der Waals surface area contributed by atoms with Crippen LogP contribution in [-0.2, 0) is 13.6 Å². The first-order valence-electron chi connectivity index (χ1n) is 5.66. The Morgan fingerprint density at radius 3 is 2.89 bits per heavy atom. The minimum Gasteiger partial charge on any atom is -0.368 e. The molecule has 1 heterocycles. The van der Waals surface area contributed by atoms with E-state index in [0.717, 1.165) is 11.3 Å². The fourth-order valence-electron chi connectivity index (χ4n) is 1.76. The minimum absolute atomic E-state index is 0.157. The molecule has 0 amide bonds. The molecular weight excluding hydrogens is 330 g/mol. The Bertz CT molecular complexity index is 657. The molecule has 0 radical (unpaired) electrons. The van der Waals surface area contributed by atoms with E-state index in [0.29, 0.717) is 16.0 Å². The maximum atomic E-state index is 11.8. The van der Waals surface area contributed by atoms with Crippen molar-refractivity contribution in [1.29, 1.82) is 0 Å². The number of nitrogens with zero attached hydrogens (tertiary/aromatic N) is 3. The maximum absolute atomic E-state index is 11.8. The molecule has 6 heteroatoms. The molecule has 4 nitrogen and oxygen atoms in total. The average Bonchev–Trinajstić information content (AvgIpc) is 2.36. The van der Waals surface area contributed by atoms with Crippen molar-refractivity contribution in [2.75, 3.05) is 11.9 Å². The number of hydrogen-bond donors (Lipinski definition) is 0. The Hall–Kier alpha value is -1.33. The molecule has 0 aliphatic heterocycles. The third-order valence-corrected chi connectivity index (χ3v) is 3.76. The van der Waals surface area contributed by atoms with Gasteiger partial charge in [0.15, 0.2) is 0 Å². The smallest absolute Gasteiger partial charge is 0.282 e. The van der Waals surface area contributed by atoms with Crippen LogP contribution in [0.2, 0.25) is 5.02 Å². The normalized spacial score (nSPS) is 10.5. The molecule has 0 spiro atoms. The van der Waals surface area contributed by atoms with Crippen molar-refractivity contribution in [3.8, 4) is 0 Å². The van der Waals surface area contributed by atoms with Crippen LogP contribution in [0.1, 0.15) is 5.56 Å². The van der Waals surface area contributed by atoms with Gasteiger partial charge in [0.25, 0.3) is 5.56 Å². The highest BCUT2D eigenvalue weighted by molar-refractivity contribution is 9.10. The van der Waals surface area contributed by atoms with Gasteiger partial charge < -0.3 is 4.90 Å². The summed E-state index contributed by atoms with van der Waals surface area (Å²) in [7, 11) is 3.52. The summed E-state index contributed by atoms with van der Waals surface area (Å²) in [6.45, 7) is 0.647. The highest BCUT2D eigenvalue weighted by Gasteiger charge is 2.11. The SMILES string of the molecule is CN(Cc1cccc(Cl)c1)c1cnn(C)c(=O)c1Br. The lowest BCUT2D eigenvalue weighted by Gasteiger charge is -2.20. The first kappa shape index (κ1) is 14.1. The van der Waals surface area contributed by atoms with Gasteiger partial charge in [-0.05, 0) is 33.6 Å². The standard InChI is InChI=1S/C13H13BrClN3O/c1-17(8-9-4-3-5-10(15)6-9)11-7-16-18(2)13(19)12(11)14/h3-7H,8H2,1-2H3. The lowest BCUT2D eigenvalue weighted by atomic mass is 10.2. The third-order valence-electron chi connectivity index (χ3n) is 2.78. The Morgan fingerprint density at radius 2 is 2.21 bits per heavy atom. The number of anilines is 1. The Balaban J connectivity index is 2.28. The summed E-state index contributed by atoms with van der Waals surface area (Å²) < 4.78 is 1.80. The van der Waals surface area contributed by atoms with Gasteiger partial charge in [0.2, 0.25) is 0 Å². The van der Waals surface area contributed by atoms with Gasteiger partial charge in [-0.2, -0.15) is 5.10 Å². The molecule has 100 valence electrons. The monoisotopic (exact) mass is 341 g/mol. The summed E-state index contributed by atoms with van der Waals surface area (Å²) >= 11 is 9.28. The second-order valence-corrected chi connectivity index (χ2v) is 5.49. The topological polar surface area (TPSA) is 38.1 Å². The van der Waals surface area contributed by atoms with Crippen LogP contribution >= 0.6 is 27.5 Å². The molecule has 0 atom stereocenters. The molecule has 0 aliphatic carbocycles. The van der Waals surface area contributed by atoms with E-state index in [2.05, 4.69) is 21.0 Å². The summed E-state index contributed by atoms with van der Waals surface area (Å²) in [5.74, 6) is 0. The van der Waals surface area contributed by atoms with Crippen molar-refractivity contribution in [3.63, 3.8) is 0 Å². The number of aryl methyl sites for hydroxylation is 1. The van der Waals surface area contributed by atoms with E-state index in [1.54, 1.807) is 13.2 Å². The molecule has 1 aromatic heterocycles. The molecule has 0 saturated heterocycles. The molecule has 2 aromatic rings. The molecule has 0 bridgehead atoms. The van der Waals surface area contributed by atoms with Gasteiger partial charge >= 0.3 is 0 Å². The van der Waals surface area contributed by atoms with Gasteiger partial charge in [0, 0.05) is 25.7 Å². The van der Waals surface area contributed by atoms with Gasteiger partial charge in [-0.1, -0.05) is 23.7 Å². The maximum Gasteiger partial charge on any atom is 0.282 e.